The predicted octanol–water partition coefficient (Wildman–Crippen LogP) is 4.60. The fourth-order valence-corrected chi connectivity index (χ4v) is 3.49. The summed E-state index contributed by atoms with van der Waals surface area (Å²) < 4.78 is 0. The molecule has 1 aromatic carbocycles. The highest BCUT2D eigenvalue weighted by Gasteiger charge is 2.35. The molecule has 1 aliphatic carbocycles. The molecule has 2 aromatic rings. The van der Waals surface area contributed by atoms with Gasteiger partial charge in [-0.3, -0.25) is 4.98 Å². The van der Waals surface area contributed by atoms with Crippen LogP contribution in [0.2, 0.25) is 5.02 Å². The van der Waals surface area contributed by atoms with E-state index in [0.717, 1.165) is 17.1 Å². The normalized spacial score (nSPS) is 17.0. The molecule has 1 aromatic heterocycles. The molecule has 0 unspecified atom stereocenters. The first-order valence-electron chi connectivity index (χ1n) is 7.60. The van der Waals surface area contributed by atoms with Gasteiger partial charge in [0.2, 0.25) is 0 Å². The van der Waals surface area contributed by atoms with Crippen molar-refractivity contribution in [2.45, 2.75) is 44.7 Å². The first-order valence-corrected chi connectivity index (χ1v) is 7.98. The average molecular weight is 301 g/mol. The van der Waals surface area contributed by atoms with Crippen LogP contribution in [-0.4, -0.2) is 4.98 Å². The number of benzene rings is 1. The van der Waals surface area contributed by atoms with Gasteiger partial charge in [0, 0.05) is 24.5 Å². The summed E-state index contributed by atoms with van der Waals surface area (Å²) in [6.07, 6.45) is 8.47. The van der Waals surface area contributed by atoms with Gasteiger partial charge in [-0.1, -0.05) is 54.3 Å². The second kappa shape index (κ2) is 6.17. The van der Waals surface area contributed by atoms with Crippen LogP contribution < -0.4 is 5.32 Å². The van der Waals surface area contributed by atoms with Gasteiger partial charge in [0.25, 0.3) is 0 Å². The lowest BCUT2D eigenvalue weighted by atomic mass is 9.87. The van der Waals surface area contributed by atoms with Crippen LogP contribution in [-0.2, 0) is 12.1 Å². The molecule has 3 heteroatoms. The Kier molecular flexibility index (Phi) is 4.27. The van der Waals surface area contributed by atoms with E-state index in [-0.39, 0.29) is 5.54 Å². The van der Waals surface area contributed by atoms with Gasteiger partial charge >= 0.3 is 0 Å². The number of aryl methyl sites for hydroxylation is 1. The number of hydrogen-bond acceptors (Lipinski definition) is 2. The van der Waals surface area contributed by atoms with E-state index >= 15 is 0 Å². The maximum absolute atomic E-state index is 6.22. The zero-order valence-corrected chi connectivity index (χ0v) is 13.2. The van der Waals surface area contributed by atoms with Gasteiger partial charge in [0.1, 0.15) is 0 Å². The van der Waals surface area contributed by atoms with Crippen LogP contribution in [0.1, 0.15) is 42.4 Å². The van der Waals surface area contributed by atoms with Crippen LogP contribution in [0.3, 0.4) is 0 Å². The van der Waals surface area contributed by atoms with Crippen molar-refractivity contribution in [2.75, 3.05) is 0 Å². The Morgan fingerprint density at radius 2 is 2.05 bits per heavy atom. The van der Waals surface area contributed by atoms with Crippen molar-refractivity contribution < 1.29 is 0 Å². The third kappa shape index (κ3) is 3.12. The molecular formula is C18H21ClN2. The molecule has 0 atom stereocenters. The lowest BCUT2D eigenvalue weighted by Crippen LogP contribution is -2.39. The molecule has 21 heavy (non-hydrogen) atoms. The van der Waals surface area contributed by atoms with E-state index in [0.29, 0.717) is 0 Å². The van der Waals surface area contributed by atoms with E-state index < -0.39 is 0 Å². The van der Waals surface area contributed by atoms with E-state index in [2.05, 4.69) is 41.5 Å². The number of nitrogens with one attached hydrogen (secondary N) is 1. The van der Waals surface area contributed by atoms with Crippen LogP contribution in [0, 0.1) is 6.92 Å². The molecule has 0 spiro atoms. The summed E-state index contributed by atoms with van der Waals surface area (Å²) >= 11 is 6.22. The largest absolute Gasteiger partial charge is 0.303 e. The van der Waals surface area contributed by atoms with Crippen LogP contribution in [0.15, 0.2) is 42.7 Å². The number of hydrogen-bond donors (Lipinski definition) is 1. The van der Waals surface area contributed by atoms with Crippen molar-refractivity contribution in [1.82, 2.24) is 10.3 Å². The summed E-state index contributed by atoms with van der Waals surface area (Å²) in [4.78, 5) is 4.05. The second-order valence-corrected chi connectivity index (χ2v) is 6.39. The summed E-state index contributed by atoms with van der Waals surface area (Å²) in [7, 11) is 0. The van der Waals surface area contributed by atoms with Crippen molar-refractivity contribution in [1.29, 1.82) is 0 Å². The third-order valence-electron chi connectivity index (χ3n) is 4.50. The van der Waals surface area contributed by atoms with E-state index in [1.807, 2.05) is 6.07 Å². The summed E-state index contributed by atoms with van der Waals surface area (Å²) in [5.74, 6) is 0. The molecule has 0 bridgehead atoms. The Balaban J connectivity index is 1.83. The van der Waals surface area contributed by atoms with E-state index in [1.165, 1.54) is 36.8 Å². The Morgan fingerprint density at radius 3 is 2.76 bits per heavy atom. The number of nitrogens with zero attached hydrogens (tertiary/aromatic N) is 1. The standard InChI is InChI=1S/C18H21ClN2/c1-14-5-4-6-16(11-14)18(8-2-3-9-18)21-12-15-7-10-20-13-17(15)19/h4-7,10-11,13,21H,2-3,8-9,12H2,1H3. The van der Waals surface area contributed by atoms with Gasteiger partial charge in [0.05, 0.1) is 5.02 Å². The molecule has 3 rings (SSSR count). The van der Waals surface area contributed by atoms with Crippen molar-refractivity contribution in [3.63, 3.8) is 0 Å². The van der Waals surface area contributed by atoms with Gasteiger partial charge in [-0.05, 0) is 37.0 Å². The summed E-state index contributed by atoms with van der Waals surface area (Å²) in [6.45, 7) is 2.95. The first kappa shape index (κ1) is 14.6. The van der Waals surface area contributed by atoms with E-state index in [4.69, 9.17) is 11.6 Å². The molecule has 1 N–H and O–H groups in total. The molecule has 1 saturated carbocycles. The lowest BCUT2D eigenvalue weighted by molar-refractivity contribution is 0.338. The molecule has 0 radical (unpaired) electrons. The maximum atomic E-state index is 6.22. The Bertz CT molecular complexity index is 618. The maximum Gasteiger partial charge on any atom is 0.0634 e. The zero-order chi connectivity index (χ0) is 14.7. The number of aromatic nitrogens is 1. The summed E-state index contributed by atoms with van der Waals surface area (Å²) in [5, 5.41) is 4.52. The highest BCUT2D eigenvalue weighted by molar-refractivity contribution is 6.31. The zero-order valence-electron chi connectivity index (χ0n) is 12.4. The van der Waals surface area contributed by atoms with Crippen molar-refractivity contribution >= 4 is 11.6 Å². The third-order valence-corrected chi connectivity index (χ3v) is 4.84. The molecule has 0 amide bonds. The minimum absolute atomic E-state index is 0.0959. The van der Waals surface area contributed by atoms with E-state index in [9.17, 15) is 0 Å². The van der Waals surface area contributed by atoms with E-state index in [1.54, 1.807) is 12.4 Å². The molecule has 110 valence electrons. The monoisotopic (exact) mass is 300 g/mol. The second-order valence-electron chi connectivity index (χ2n) is 5.98. The molecular weight excluding hydrogens is 280 g/mol. The topological polar surface area (TPSA) is 24.9 Å². The van der Waals surface area contributed by atoms with Crippen molar-refractivity contribution in [3.8, 4) is 0 Å². The van der Waals surface area contributed by atoms with Crippen molar-refractivity contribution in [2.24, 2.45) is 0 Å². The minimum Gasteiger partial charge on any atom is -0.303 e. The molecule has 0 saturated heterocycles. The smallest absolute Gasteiger partial charge is 0.0634 e. The molecule has 0 aliphatic heterocycles. The fraction of sp³-hybridized carbons (Fsp3) is 0.389. The van der Waals surface area contributed by atoms with Gasteiger partial charge in [-0.25, -0.2) is 0 Å². The highest BCUT2D eigenvalue weighted by Crippen LogP contribution is 2.39. The van der Waals surface area contributed by atoms with Crippen LogP contribution >= 0.6 is 11.6 Å². The Hall–Kier alpha value is -1.38. The first-order chi connectivity index (χ1) is 10.2. The lowest BCUT2D eigenvalue weighted by Gasteiger charge is -2.32. The van der Waals surface area contributed by atoms with Crippen molar-refractivity contribution in [3.05, 3.63) is 64.4 Å². The SMILES string of the molecule is Cc1cccc(C2(NCc3ccncc3Cl)CCCC2)c1. The Labute approximate surface area is 131 Å². The minimum atomic E-state index is 0.0959. The van der Waals surface area contributed by atoms with Gasteiger partial charge in [0.15, 0.2) is 0 Å². The quantitative estimate of drug-likeness (QED) is 0.892. The average Bonchev–Trinajstić information content (AvgIpc) is 2.97. The summed E-state index contributed by atoms with van der Waals surface area (Å²) in [6, 6.07) is 10.9. The number of rotatable bonds is 4. The number of halogens is 1. The molecule has 1 heterocycles. The van der Waals surface area contributed by atoms with Gasteiger partial charge < -0.3 is 5.32 Å². The fourth-order valence-electron chi connectivity index (χ4n) is 3.30. The van der Waals surface area contributed by atoms with Crippen LogP contribution in [0.25, 0.3) is 0 Å². The summed E-state index contributed by atoms with van der Waals surface area (Å²) in [5.41, 5.74) is 3.94. The molecule has 2 nitrogen and oxygen atoms in total. The molecule has 1 fully saturated rings. The predicted molar refractivity (Wildman–Crippen MR) is 87.4 cm³/mol. The van der Waals surface area contributed by atoms with Gasteiger partial charge in [-0.2, -0.15) is 0 Å². The van der Waals surface area contributed by atoms with Gasteiger partial charge in [-0.15, -0.1) is 0 Å². The Morgan fingerprint density at radius 1 is 1.24 bits per heavy atom. The van der Waals surface area contributed by atoms with Crippen LogP contribution in [0.4, 0.5) is 0 Å². The number of pyridine rings is 1. The van der Waals surface area contributed by atoms with Crippen LogP contribution in [0.5, 0.6) is 0 Å². The highest BCUT2D eigenvalue weighted by atomic mass is 35.5. The molecule has 1 aliphatic rings.